The largest absolute Gasteiger partial charge is 0.378 e. The Balaban J connectivity index is 1.97. The zero-order valence-electron chi connectivity index (χ0n) is 14.1. The molecular weight excluding hydrogens is 320 g/mol. The second-order valence-electron chi connectivity index (χ2n) is 6.04. The second kappa shape index (κ2) is 6.25. The van der Waals surface area contributed by atoms with Crippen molar-refractivity contribution in [2.45, 2.75) is 13.3 Å². The highest BCUT2D eigenvalue weighted by molar-refractivity contribution is 5.81. The molecule has 3 heterocycles. The Kier molecular flexibility index (Phi) is 3.93. The Hall–Kier alpha value is -2.80. The number of hydrogen-bond acceptors (Lipinski definition) is 4. The molecule has 2 aromatic heterocycles. The lowest BCUT2D eigenvalue weighted by Gasteiger charge is -2.31. The molecule has 1 aliphatic heterocycles. The minimum Gasteiger partial charge on any atom is -0.378 e. The van der Waals surface area contributed by atoms with Gasteiger partial charge in [0, 0.05) is 6.07 Å². The van der Waals surface area contributed by atoms with E-state index >= 15 is 0 Å². The second-order valence-corrected chi connectivity index (χ2v) is 6.04. The van der Waals surface area contributed by atoms with Crippen molar-refractivity contribution >= 4 is 10.9 Å². The zero-order valence-corrected chi connectivity index (χ0v) is 14.1. The van der Waals surface area contributed by atoms with Crippen LogP contribution in [0.5, 0.6) is 0 Å². The summed E-state index contributed by atoms with van der Waals surface area (Å²) in [6, 6.07) is 10.9. The van der Waals surface area contributed by atoms with Crippen molar-refractivity contribution in [3.8, 4) is 5.69 Å². The number of pyridine rings is 1. The third-order valence-electron chi connectivity index (χ3n) is 4.56. The van der Waals surface area contributed by atoms with E-state index in [1.165, 1.54) is 10.7 Å². The number of ether oxygens (including phenoxy) is 1. The Bertz CT molecular complexity index is 1010. The number of nitrogens with zero attached hydrogens (tertiary/aromatic N) is 3. The van der Waals surface area contributed by atoms with E-state index in [-0.39, 0.29) is 11.1 Å². The summed E-state index contributed by atoms with van der Waals surface area (Å²) in [6.07, 6.45) is 0.589. The van der Waals surface area contributed by atoms with E-state index in [1.807, 2.05) is 42.3 Å². The molecule has 1 aromatic carbocycles. The number of benzene rings is 1. The third kappa shape index (κ3) is 2.56. The van der Waals surface area contributed by atoms with Crippen LogP contribution in [-0.4, -0.2) is 40.8 Å². The highest BCUT2D eigenvalue weighted by Crippen LogP contribution is 2.15. The number of nitrogens with one attached hydrogen (secondary N) is 1. The lowest BCUT2D eigenvalue weighted by atomic mass is 10.2. The number of aryl methyl sites for hydroxylation is 1. The summed E-state index contributed by atoms with van der Waals surface area (Å²) >= 11 is 0. The maximum Gasteiger partial charge on any atom is 0.280 e. The number of H-pyrrole nitrogens is 1. The molecule has 25 heavy (non-hydrogen) atoms. The van der Waals surface area contributed by atoms with Crippen LogP contribution in [0.1, 0.15) is 12.6 Å². The molecule has 130 valence electrons. The zero-order chi connectivity index (χ0) is 17.4. The van der Waals surface area contributed by atoms with E-state index in [0.29, 0.717) is 43.6 Å². The van der Waals surface area contributed by atoms with Gasteiger partial charge in [0.15, 0.2) is 0 Å². The lowest BCUT2D eigenvalue weighted by Crippen LogP contribution is -2.50. The molecule has 3 aromatic rings. The number of para-hydroxylation sites is 1. The molecule has 0 saturated carbocycles. The molecule has 1 aliphatic rings. The Morgan fingerprint density at radius 2 is 1.84 bits per heavy atom. The molecule has 0 spiro atoms. The van der Waals surface area contributed by atoms with Gasteiger partial charge in [-0.05, 0) is 18.6 Å². The van der Waals surface area contributed by atoms with Gasteiger partial charge in [-0.3, -0.25) is 14.7 Å². The van der Waals surface area contributed by atoms with Crippen LogP contribution in [0, 0.1) is 0 Å². The number of aromatic nitrogens is 3. The molecule has 0 unspecified atom stereocenters. The average Bonchev–Trinajstić information content (AvgIpc) is 2.98. The first kappa shape index (κ1) is 15.7. The van der Waals surface area contributed by atoms with E-state index in [1.54, 1.807) is 4.68 Å². The van der Waals surface area contributed by atoms with Crippen molar-refractivity contribution in [3.05, 3.63) is 62.8 Å². The molecule has 0 atom stereocenters. The van der Waals surface area contributed by atoms with Gasteiger partial charge in [0.2, 0.25) is 0 Å². The number of rotatable bonds is 3. The molecule has 1 fully saturated rings. The molecule has 0 bridgehead atoms. The first-order valence-corrected chi connectivity index (χ1v) is 8.48. The lowest BCUT2D eigenvalue weighted by molar-refractivity contribution is 0.110. The molecule has 0 radical (unpaired) electrons. The predicted octanol–water partition coefficient (Wildman–Crippen LogP) is 1.01. The van der Waals surface area contributed by atoms with Crippen molar-refractivity contribution in [2.24, 2.45) is 0 Å². The van der Waals surface area contributed by atoms with Gasteiger partial charge < -0.3 is 9.75 Å². The minimum atomic E-state index is -0.139. The highest BCUT2D eigenvalue weighted by atomic mass is 16.5. The molecule has 0 aliphatic carbocycles. The first-order valence-electron chi connectivity index (χ1n) is 8.48. The van der Waals surface area contributed by atoms with Gasteiger partial charge in [-0.15, -0.1) is 0 Å². The van der Waals surface area contributed by atoms with Crippen LogP contribution >= 0.6 is 0 Å². The predicted molar refractivity (Wildman–Crippen MR) is 96.3 cm³/mol. The van der Waals surface area contributed by atoms with Crippen LogP contribution in [0.25, 0.3) is 16.6 Å². The van der Waals surface area contributed by atoms with Gasteiger partial charge in [-0.25, -0.2) is 9.36 Å². The molecule has 1 N–H and O–H groups in total. The first-order chi connectivity index (χ1) is 12.2. The van der Waals surface area contributed by atoms with Crippen LogP contribution in [0.4, 0.5) is 0 Å². The normalized spacial score (nSPS) is 15.0. The molecule has 0 amide bonds. The van der Waals surface area contributed by atoms with E-state index < -0.39 is 0 Å². The number of fused-ring (bicyclic) bond motifs is 1. The van der Waals surface area contributed by atoms with Crippen molar-refractivity contribution in [3.63, 3.8) is 0 Å². The summed E-state index contributed by atoms with van der Waals surface area (Å²) in [5.41, 5.74) is 1.78. The molecule has 1 saturated heterocycles. The fourth-order valence-electron chi connectivity index (χ4n) is 3.41. The van der Waals surface area contributed by atoms with Gasteiger partial charge in [-0.2, -0.15) is 0 Å². The van der Waals surface area contributed by atoms with Crippen molar-refractivity contribution < 1.29 is 4.74 Å². The summed E-state index contributed by atoms with van der Waals surface area (Å²) in [5, 5.41) is 5.60. The fourth-order valence-corrected chi connectivity index (χ4v) is 3.41. The van der Waals surface area contributed by atoms with Crippen LogP contribution in [0.15, 0.2) is 46.0 Å². The van der Waals surface area contributed by atoms with Crippen LogP contribution in [-0.2, 0) is 11.2 Å². The number of hydrogen-bond donors (Lipinski definition) is 1. The van der Waals surface area contributed by atoms with Crippen LogP contribution < -0.4 is 16.1 Å². The molecule has 4 rings (SSSR count). The van der Waals surface area contributed by atoms with Gasteiger partial charge in [-0.1, -0.05) is 25.1 Å². The smallest absolute Gasteiger partial charge is 0.280 e. The Labute approximate surface area is 144 Å². The van der Waals surface area contributed by atoms with Crippen molar-refractivity contribution in [1.29, 1.82) is 0 Å². The summed E-state index contributed by atoms with van der Waals surface area (Å²) in [6.45, 7) is 4.39. The fraction of sp³-hybridized carbons (Fsp3) is 0.333. The van der Waals surface area contributed by atoms with Crippen molar-refractivity contribution in [1.82, 2.24) is 14.5 Å². The van der Waals surface area contributed by atoms with Gasteiger partial charge >= 0.3 is 0 Å². The van der Waals surface area contributed by atoms with Gasteiger partial charge in [0.1, 0.15) is 0 Å². The highest BCUT2D eigenvalue weighted by Gasteiger charge is 2.21. The molecule has 7 heteroatoms. The number of morpholine rings is 1. The minimum absolute atomic E-state index is 0.132. The maximum atomic E-state index is 13.0. The van der Waals surface area contributed by atoms with Gasteiger partial charge in [0.05, 0.1) is 48.6 Å². The van der Waals surface area contributed by atoms with Crippen LogP contribution in [0.2, 0.25) is 0 Å². The van der Waals surface area contributed by atoms with E-state index in [9.17, 15) is 9.59 Å². The maximum absolute atomic E-state index is 13.0. The quantitative estimate of drug-likeness (QED) is 0.772. The SMILES string of the molecule is CCc1c2c(=O)n(-c3ccccc3)[nH]c2cc(=O)n1N1CCOCC1. The average molecular weight is 340 g/mol. The van der Waals surface area contributed by atoms with E-state index in [4.69, 9.17) is 4.74 Å². The van der Waals surface area contributed by atoms with E-state index in [2.05, 4.69) is 5.10 Å². The molecule has 7 nitrogen and oxygen atoms in total. The monoisotopic (exact) mass is 340 g/mol. The van der Waals surface area contributed by atoms with Crippen LogP contribution in [0.3, 0.4) is 0 Å². The topological polar surface area (TPSA) is 72.3 Å². The standard InChI is InChI=1S/C18H20N4O3/c1-2-15-17-14(12-16(23)22(15)20-8-10-25-11-9-20)19-21(18(17)24)13-6-4-3-5-7-13/h3-7,12,19H,2,8-11H2,1H3. The third-order valence-corrected chi connectivity index (χ3v) is 4.56. The van der Waals surface area contributed by atoms with E-state index in [0.717, 1.165) is 11.4 Å². The number of aromatic amines is 1. The van der Waals surface area contributed by atoms with Gasteiger partial charge in [0.25, 0.3) is 11.1 Å². The summed E-state index contributed by atoms with van der Waals surface area (Å²) < 4.78 is 8.52. The van der Waals surface area contributed by atoms with Crippen molar-refractivity contribution in [2.75, 3.05) is 31.3 Å². The summed E-state index contributed by atoms with van der Waals surface area (Å²) in [7, 11) is 0. The summed E-state index contributed by atoms with van der Waals surface area (Å²) in [5.74, 6) is 0. The Morgan fingerprint density at radius 3 is 2.52 bits per heavy atom. The summed E-state index contributed by atoms with van der Waals surface area (Å²) in [4.78, 5) is 25.7. The molecular formula is C18H20N4O3. The Morgan fingerprint density at radius 1 is 1.12 bits per heavy atom.